The third-order valence-corrected chi connectivity index (χ3v) is 2.42. The Bertz CT molecular complexity index is 582. The van der Waals surface area contributed by atoms with Crippen molar-refractivity contribution in [1.82, 2.24) is 10.2 Å². The number of nitrogens with zero attached hydrogens (tertiary/aromatic N) is 1. The van der Waals surface area contributed by atoms with E-state index < -0.39 is 0 Å². The number of H-pyrrole nitrogens is 1. The van der Waals surface area contributed by atoms with Gasteiger partial charge >= 0.3 is 0 Å². The fourth-order valence-electron chi connectivity index (χ4n) is 1.56. The van der Waals surface area contributed by atoms with E-state index in [2.05, 4.69) is 10.2 Å². The topological polar surface area (TPSA) is 62.8 Å². The molecule has 4 nitrogen and oxygen atoms in total. The van der Waals surface area contributed by atoms with Crippen LogP contribution in [0.4, 0.5) is 0 Å². The molecular formula is C13H12N2O2. The van der Waals surface area contributed by atoms with Crippen LogP contribution in [0.3, 0.4) is 0 Å². The molecule has 0 bridgehead atoms. The highest BCUT2D eigenvalue weighted by Gasteiger charge is 2.07. The number of aryl methyl sites for hydroxylation is 1. The van der Waals surface area contributed by atoms with Crippen molar-refractivity contribution in [2.24, 2.45) is 0 Å². The Balaban J connectivity index is 2.17. The fourth-order valence-corrected chi connectivity index (χ4v) is 1.56. The second kappa shape index (κ2) is 4.74. The molecular weight excluding hydrogens is 216 g/mol. The van der Waals surface area contributed by atoms with Crippen molar-refractivity contribution in [2.45, 2.75) is 13.3 Å². The maximum absolute atomic E-state index is 11.9. The first-order valence-corrected chi connectivity index (χ1v) is 5.29. The average molecular weight is 228 g/mol. The van der Waals surface area contributed by atoms with Crippen molar-refractivity contribution < 1.29 is 4.79 Å². The van der Waals surface area contributed by atoms with Gasteiger partial charge in [0.1, 0.15) is 0 Å². The highest BCUT2D eigenvalue weighted by molar-refractivity contribution is 5.97. The van der Waals surface area contributed by atoms with Gasteiger partial charge in [-0.2, -0.15) is 5.10 Å². The minimum atomic E-state index is -0.267. The Morgan fingerprint density at radius 1 is 1.29 bits per heavy atom. The molecule has 4 heteroatoms. The van der Waals surface area contributed by atoms with E-state index in [1.807, 2.05) is 25.1 Å². The zero-order valence-corrected chi connectivity index (χ0v) is 9.43. The predicted octanol–water partition coefficient (Wildman–Crippen LogP) is 1.50. The van der Waals surface area contributed by atoms with Gasteiger partial charge in [-0.1, -0.05) is 23.8 Å². The van der Waals surface area contributed by atoms with Crippen molar-refractivity contribution in [2.75, 3.05) is 0 Å². The van der Waals surface area contributed by atoms with Crippen LogP contribution in [-0.2, 0) is 6.42 Å². The number of nitrogens with one attached hydrogen (secondary N) is 1. The van der Waals surface area contributed by atoms with E-state index in [4.69, 9.17) is 0 Å². The molecule has 0 saturated heterocycles. The first-order chi connectivity index (χ1) is 8.15. The molecule has 1 aromatic heterocycles. The first-order valence-electron chi connectivity index (χ1n) is 5.29. The number of carbonyl (C=O) groups excluding carboxylic acids is 1. The van der Waals surface area contributed by atoms with E-state index >= 15 is 0 Å². The van der Waals surface area contributed by atoms with Crippen LogP contribution in [0.1, 0.15) is 21.6 Å². The summed E-state index contributed by atoms with van der Waals surface area (Å²) >= 11 is 0. The molecule has 0 saturated carbocycles. The molecule has 1 N–H and O–H groups in total. The van der Waals surface area contributed by atoms with Crippen LogP contribution < -0.4 is 5.56 Å². The van der Waals surface area contributed by atoms with Gasteiger partial charge < -0.3 is 0 Å². The lowest BCUT2D eigenvalue weighted by atomic mass is 10.0. The van der Waals surface area contributed by atoms with E-state index in [0.717, 1.165) is 5.56 Å². The van der Waals surface area contributed by atoms with Crippen LogP contribution in [0.25, 0.3) is 0 Å². The molecule has 0 aliphatic heterocycles. The van der Waals surface area contributed by atoms with Gasteiger partial charge in [0, 0.05) is 11.6 Å². The Morgan fingerprint density at radius 3 is 2.76 bits per heavy atom. The van der Waals surface area contributed by atoms with E-state index in [1.54, 1.807) is 12.1 Å². The van der Waals surface area contributed by atoms with Crippen molar-refractivity contribution in [3.8, 4) is 0 Å². The number of aromatic nitrogens is 2. The second-order valence-electron chi connectivity index (χ2n) is 3.88. The number of hydrogen-bond donors (Lipinski definition) is 1. The average Bonchev–Trinajstić information content (AvgIpc) is 2.32. The molecule has 0 aliphatic carbocycles. The molecule has 2 rings (SSSR count). The zero-order valence-electron chi connectivity index (χ0n) is 9.43. The molecule has 0 amide bonds. The van der Waals surface area contributed by atoms with E-state index in [9.17, 15) is 9.59 Å². The highest BCUT2D eigenvalue weighted by Crippen LogP contribution is 2.07. The number of ketones is 1. The fraction of sp³-hybridized carbons (Fsp3) is 0.154. The summed E-state index contributed by atoms with van der Waals surface area (Å²) in [4.78, 5) is 22.7. The quantitative estimate of drug-likeness (QED) is 0.810. The molecule has 0 aliphatic rings. The van der Waals surface area contributed by atoms with Crippen LogP contribution in [-0.4, -0.2) is 16.0 Å². The summed E-state index contributed by atoms with van der Waals surface area (Å²) < 4.78 is 0. The Kier molecular flexibility index (Phi) is 3.14. The van der Waals surface area contributed by atoms with Gasteiger partial charge in [-0.15, -0.1) is 0 Å². The molecule has 86 valence electrons. The summed E-state index contributed by atoms with van der Waals surface area (Å²) in [5.41, 5.74) is 2.01. The number of rotatable bonds is 3. The van der Waals surface area contributed by atoms with Gasteiger partial charge in [-0.05, 0) is 19.1 Å². The molecule has 0 radical (unpaired) electrons. The largest absolute Gasteiger partial charge is 0.294 e. The predicted molar refractivity (Wildman–Crippen MR) is 64.1 cm³/mol. The second-order valence-corrected chi connectivity index (χ2v) is 3.88. The van der Waals surface area contributed by atoms with Crippen molar-refractivity contribution in [3.63, 3.8) is 0 Å². The third kappa shape index (κ3) is 2.87. The smallest absolute Gasteiger partial charge is 0.264 e. The number of carbonyl (C=O) groups is 1. The lowest BCUT2D eigenvalue weighted by Gasteiger charge is -2.01. The Labute approximate surface area is 98.3 Å². The minimum absolute atomic E-state index is 0.00625. The summed E-state index contributed by atoms with van der Waals surface area (Å²) in [6.07, 6.45) is 0.195. The Morgan fingerprint density at radius 2 is 2.12 bits per heavy atom. The first kappa shape index (κ1) is 11.3. The molecule has 1 heterocycles. The van der Waals surface area contributed by atoms with Crippen LogP contribution in [0.15, 0.2) is 41.2 Å². The molecule has 2 aromatic rings. The minimum Gasteiger partial charge on any atom is -0.294 e. The molecule has 0 spiro atoms. The van der Waals surface area contributed by atoms with E-state index in [-0.39, 0.29) is 17.8 Å². The van der Waals surface area contributed by atoms with Gasteiger partial charge in [0.15, 0.2) is 5.78 Å². The summed E-state index contributed by atoms with van der Waals surface area (Å²) in [5, 5.41) is 6.12. The van der Waals surface area contributed by atoms with Crippen molar-refractivity contribution in [1.29, 1.82) is 0 Å². The number of Topliss-reactive ketones (excluding diaryl/α,β-unsaturated/α-hetero) is 1. The van der Waals surface area contributed by atoms with Gasteiger partial charge in [-0.25, -0.2) is 5.10 Å². The summed E-state index contributed by atoms with van der Waals surface area (Å²) in [6.45, 7) is 1.94. The lowest BCUT2D eigenvalue weighted by Crippen LogP contribution is -2.11. The standard InChI is InChI=1S/C13H12N2O2/c1-9-3-2-4-10(7-9)12(16)8-11-5-6-13(17)15-14-11/h2-7H,8H2,1H3,(H,15,17). The van der Waals surface area contributed by atoms with Gasteiger partial charge in [-0.3, -0.25) is 9.59 Å². The highest BCUT2D eigenvalue weighted by atomic mass is 16.1. The normalized spacial score (nSPS) is 10.2. The summed E-state index contributed by atoms with van der Waals surface area (Å²) in [7, 11) is 0. The molecule has 17 heavy (non-hydrogen) atoms. The van der Waals surface area contributed by atoms with Crippen molar-refractivity contribution >= 4 is 5.78 Å². The molecule has 1 aromatic carbocycles. The van der Waals surface area contributed by atoms with Gasteiger partial charge in [0.2, 0.25) is 0 Å². The zero-order chi connectivity index (χ0) is 12.3. The van der Waals surface area contributed by atoms with Crippen LogP contribution in [0.5, 0.6) is 0 Å². The molecule has 0 unspecified atom stereocenters. The monoisotopic (exact) mass is 228 g/mol. The van der Waals surface area contributed by atoms with Crippen LogP contribution >= 0.6 is 0 Å². The van der Waals surface area contributed by atoms with E-state index in [1.165, 1.54) is 6.07 Å². The van der Waals surface area contributed by atoms with Crippen molar-refractivity contribution in [3.05, 3.63) is 63.6 Å². The SMILES string of the molecule is Cc1cccc(C(=O)Cc2ccc(=O)[nH]n2)c1. The third-order valence-electron chi connectivity index (χ3n) is 2.42. The van der Waals surface area contributed by atoms with Gasteiger partial charge in [0.05, 0.1) is 12.1 Å². The summed E-state index contributed by atoms with van der Waals surface area (Å²) in [5.74, 6) is -0.00625. The maximum Gasteiger partial charge on any atom is 0.264 e. The number of benzene rings is 1. The lowest BCUT2D eigenvalue weighted by molar-refractivity contribution is 0.0991. The number of hydrogen-bond acceptors (Lipinski definition) is 3. The van der Waals surface area contributed by atoms with E-state index in [0.29, 0.717) is 11.3 Å². The van der Waals surface area contributed by atoms with Crippen LogP contribution in [0.2, 0.25) is 0 Å². The number of aromatic amines is 1. The van der Waals surface area contributed by atoms with Gasteiger partial charge in [0.25, 0.3) is 5.56 Å². The Hall–Kier alpha value is -2.23. The molecule has 0 fully saturated rings. The summed E-state index contributed by atoms with van der Waals surface area (Å²) in [6, 6.07) is 10.3. The van der Waals surface area contributed by atoms with Crippen LogP contribution in [0, 0.1) is 6.92 Å². The molecule has 0 atom stereocenters. The maximum atomic E-state index is 11.9.